The largest absolute Gasteiger partial charge is 0.216 e. The molecule has 4 nitrogen and oxygen atoms in total. The highest BCUT2D eigenvalue weighted by molar-refractivity contribution is 7.88. The maximum atomic E-state index is 12.0. The Morgan fingerprint density at radius 1 is 1.25 bits per heavy atom. The Morgan fingerprint density at radius 2 is 1.95 bits per heavy atom. The van der Waals surface area contributed by atoms with Crippen LogP contribution in [0.2, 0.25) is 0 Å². The van der Waals surface area contributed by atoms with Crippen molar-refractivity contribution in [2.75, 3.05) is 0 Å². The van der Waals surface area contributed by atoms with Crippen molar-refractivity contribution in [3.63, 3.8) is 0 Å². The van der Waals surface area contributed by atoms with Crippen LogP contribution in [0.15, 0.2) is 35.7 Å². The molecule has 2 rings (SSSR count). The third kappa shape index (κ3) is 3.90. The lowest BCUT2D eigenvalue weighted by Crippen LogP contribution is -2.24. The molecule has 6 heteroatoms. The predicted octanol–water partition coefficient (Wildman–Crippen LogP) is 2.55. The average Bonchev–Trinajstić information content (AvgIpc) is 2.83. The van der Waals surface area contributed by atoms with E-state index in [-0.39, 0.29) is 5.75 Å². The number of rotatable bonds is 5. The second-order valence-electron chi connectivity index (χ2n) is 4.42. The van der Waals surface area contributed by atoms with Gasteiger partial charge in [-0.2, -0.15) is 5.26 Å². The Balaban J connectivity index is 2.00. The fourth-order valence-corrected chi connectivity index (χ4v) is 3.74. The van der Waals surface area contributed by atoms with Crippen LogP contribution in [0.5, 0.6) is 0 Å². The Hall–Kier alpha value is -1.68. The minimum absolute atomic E-state index is 0.0802. The van der Waals surface area contributed by atoms with Crippen LogP contribution in [0.3, 0.4) is 0 Å². The lowest BCUT2D eigenvalue weighted by atomic mass is 10.2. The summed E-state index contributed by atoms with van der Waals surface area (Å²) >= 11 is 1.54. The number of aryl methyl sites for hydroxylation is 1. The maximum absolute atomic E-state index is 12.0. The van der Waals surface area contributed by atoms with Gasteiger partial charge in [-0.25, -0.2) is 13.1 Å². The van der Waals surface area contributed by atoms with Gasteiger partial charge in [0, 0.05) is 11.4 Å². The monoisotopic (exact) mass is 306 g/mol. The predicted molar refractivity (Wildman–Crippen MR) is 79.7 cm³/mol. The zero-order valence-corrected chi connectivity index (χ0v) is 12.6. The molecule has 1 N–H and O–H groups in total. The van der Waals surface area contributed by atoms with E-state index in [1.54, 1.807) is 24.3 Å². The van der Waals surface area contributed by atoms with Gasteiger partial charge >= 0.3 is 0 Å². The minimum Gasteiger partial charge on any atom is -0.212 e. The van der Waals surface area contributed by atoms with Crippen LogP contribution in [0, 0.1) is 18.3 Å². The molecule has 0 amide bonds. The fourth-order valence-electron chi connectivity index (χ4n) is 1.71. The van der Waals surface area contributed by atoms with E-state index in [0.717, 1.165) is 10.4 Å². The SMILES string of the molecule is Cc1ccsc1CNS(=O)(=O)Cc1ccc(C#N)cc1. The Labute approximate surface area is 122 Å². The van der Waals surface area contributed by atoms with E-state index in [4.69, 9.17) is 5.26 Å². The summed E-state index contributed by atoms with van der Waals surface area (Å²) < 4.78 is 26.6. The number of nitrogens with zero attached hydrogens (tertiary/aromatic N) is 1. The topological polar surface area (TPSA) is 70.0 Å². The smallest absolute Gasteiger partial charge is 0.212 e. The van der Waals surface area contributed by atoms with Gasteiger partial charge in [0.2, 0.25) is 10.0 Å². The first-order valence-corrected chi connectivity index (χ1v) is 8.53. The number of thiophene rings is 1. The van der Waals surface area contributed by atoms with Crippen molar-refractivity contribution < 1.29 is 8.42 Å². The first kappa shape index (κ1) is 14.7. The van der Waals surface area contributed by atoms with Crippen LogP contribution in [-0.4, -0.2) is 8.42 Å². The first-order valence-electron chi connectivity index (χ1n) is 5.99. The van der Waals surface area contributed by atoms with Crippen molar-refractivity contribution >= 4 is 21.4 Å². The molecule has 0 aliphatic rings. The molecule has 0 spiro atoms. The van der Waals surface area contributed by atoms with Gasteiger partial charge in [0.05, 0.1) is 17.4 Å². The standard InChI is InChI=1S/C14H14N2O2S2/c1-11-6-7-19-14(11)9-16-20(17,18)10-13-4-2-12(8-15)3-5-13/h2-7,16H,9-10H2,1H3. The second kappa shape index (κ2) is 6.18. The molecule has 1 heterocycles. The molecule has 1 aromatic carbocycles. The zero-order valence-electron chi connectivity index (χ0n) is 11.0. The summed E-state index contributed by atoms with van der Waals surface area (Å²) in [6, 6.07) is 10.5. The van der Waals surface area contributed by atoms with Gasteiger partial charge < -0.3 is 0 Å². The van der Waals surface area contributed by atoms with Crippen LogP contribution in [0.1, 0.15) is 21.6 Å². The second-order valence-corrected chi connectivity index (χ2v) is 7.22. The molecule has 0 fully saturated rings. The van der Waals surface area contributed by atoms with Crippen molar-refractivity contribution in [2.24, 2.45) is 0 Å². The molecule has 0 saturated heterocycles. The first-order chi connectivity index (χ1) is 9.50. The Morgan fingerprint density at radius 3 is 2.50 bits per heavy atom. The van der Waals surface area contributed by atoms with E-state index >= 15 is 0 Å². The molecule has 104 valence electrons. The summed E-state index contributed by atoms with van der Waals surface area (Å²) in [4.78, 5) is 1.02. The highest BCUT2D eigenvalue weighted by Gasteiger charge is 2.12. The maximum Gasteiger partial charge on any atom is 0.216 e. The Bertz CT molecular complexity index is 725. The normalized spacial score (nSPS) is 11.2. The molecule has 0 radical (unpaired) electrons. The van der Waals surface area contributed by atoms with E-state index in [0.29, 0.717) is 17.7 Å². The van der Waals surface area contributed by atoms with Gasteiger partial charge in [0.15, 0.2) is 0 Å². The molecular formula is C14H14N2O2S2. The Kier molecular flexibility index (Phi) is 4.55. The molecule has 0 aliphatic carbocycles. The molecular weight excluding hydrogens is 292 g/mol. The lowest BCUT2D eigenvalue weighted by Gasteiger charge is -2.06. The number of nitrogens with one attached hydrogen (secondary N) is 1. The van der Waals surface area contributed by atoms with E-state index < -0.39 is 10.0 Å². The molecule has 0 atom stereocenters. The van der Waals surface area contributed by atoms with Crippen molar-refractivity contribution in [1.82, 2.24) is 4.72 Å². The highest BCUT2D eigenvalue weighted by Crippen LogP contribution is 2.15. The third-order valence-electron chi connectivity index (χ3n) is 2.86. The van der Waals surface area contributed by atoms with Crippen LogP contribution in [-0.2, 0) is 22.3 Å². The summed E-state index contributed by atoms with van der Waals surface area (Å²) in [5.41, 5.74) is 2.28. The van der Waals surface area contributed by atoms with Gasteiger partial charge in [0.25, 0.3) is 0 Å². The van der Waals surface area contributed by atoms with E-state index in [9.17, 15) is 8.42 Å². The number of hydrogen-bond acceptors (Lipinski definition) is 4. The average molecular weight is 306 g/mol. The van der Waals surface area contributed by atoms with Crippen LogP contribution in [0.25, 0.3) is 0 Å². The quantitative estimate of drug-likeness (QED) is 0.923. The number of nitriles is 1. The van der Waals surface area contributed by atoms with Gasteiger partial charge in [-0.05, 0) is 41.6 Å². The number of benzene rings is 1. The molecule has 2 aromatic rings. The highest BCUT2D eigenvalue weighted by atomic mass is 32.2. The van der Waals surface area contributed by atoms with Gasteiger partial charge in [0.1, 0.15) is 0 Å². The molecule has 0 aliphatic heterocycles. The molecule has 1 aromatic heterocycles. The van der Waals surface area contributed by atoms with Gasteiger partial charge in [-0.3, -0.25) is 0 Å². The van der Waals surface area contributed by atoms with Crippen molar-refractivity contribution in [2.45, 2.75) is 19.2 Å². The minimum atomic E-state index is -3.37. The van der Waals surface area contributed by atoms with Crippen LogP contribution in [0.4, 0.5) is 0 Å². The lowest BCUT2D eigenvalue weighted by molar-refractivity contribution is 0.581. The summed E-state index contributed by atoms with van der Waals surface area (Å²) in [5, 5.41) is 10.6. The van der Waals surface area contributed by atoms with Gasteiger partial charge in [-0.1, -0.05) is 12.1 Å². The van der Waals surface area contributed by atoms with Crippen molar-refractivity contribution in [1.29, 1.82) is 5.26 Å². The molecule has 0 bridgehead atoms. The van der Waals surface area contributed by atoms with E-state index in [2.05, 4.69) is 4.72 Å². The molecule has 20 heavy (non-hydrogen) atoms. The van der Waals surface area contributed by atoms with Crippen molar-refractivity contribution in [3.05, 3.63) is 57.3 Å². The summed E-state index contributed by atoms with van der Waals surface area (Å²) in [7, 11) is -3.37. The van der Waals surface area contributed by atoms with Gasteiger partial charge in [-0.15, -0.1) is 11.3 Å². The molecule has 0 unspecified atom stereocenters. The van der Waals surface area contributed by atoms with E-state index in [1.165, 1.54) is 11.3 Å². The van der Waals surface area contributed by atoms with Crippen LogP contribution >= 0.6 is 11.3 Å². The summed E-state index contributed by atoms with van der Waals surface area (Å²) in [6.07, 6.45) is 0. The molecule has 0 saturated carbocycles. The summed E-state index contributed by atoms with van der Waals surface area (Å²) in [6.45, 7) is 2.28. The third-order valence-corrected chi connectivity index (χ3v) is 5.18. The number of hydrogen-bond donors (Lipinski definition) is 1. The van der Waals surface area contributed by atoms with Crippen molar-refractivity contribution in [3.8, 4) is 6.07 Å². The zero-order chi connectivity index (χ0) is 14.6. The summed E-state index contributed by atoms with van der Waals surface area (Å²) in [5.74, 6) is -0.0802. The van der Waals surface area contributed by atoms with E-state index in [1.807, 2.05) is 24.4 Å². The van der Waals surface area contributed by atoms with Crippen LogP contribution < -0.4 is 4.72 Å². The fraction of sp³-hybridized carbons (Fsp3) is 0.214. The number of sulfonamides is 1.